The van der Waals surface area contributed by atoms with Crippen LogP contribution in [0.1, 0.15) is 30.8 Å². The van der Waals surface area contributed by atoms with Crippen molar-refractivity contribution in [3.8, 4) is 6.07 Å². The van der Waals surface area contributed by atoms with Crippen molar-refractivity contribution in [1.82, 2.24) is 9.78 Å². The van der Waals surface area contributed by atoms with Crippen molar-refractivity contribution in [3.05, 3.63) is 17.0 Å². The van der Waals surface area contributed by atoms with Crippen LogP contribution in [0.3, 0.4) is 0 Å². The van der Waals surface area contributed by atoms with Gasteiger partial charge in [0.2, 0.25) is 0 Å². The summed E-state index contributed by atoms with van der Waals surface area (Å²) in [5.74, 6) is 0. The predicted molar refractivity (Wildman–Crippen MR) is 59.3 cm³/mol. The number of nitriles is 1. The van der Waals surface area contributed by atoms with Gasteiger partial charge in [-0.15, -0.1) is 0 Å². The molecule has 0 aliphatic rings. The van der Waals surface area contributed by atoms with Crippen LogP contribution < -0.4 is 5.73 Å². The largest absolute Gasteiger partial charge is 0.312 e. The molecule has 2 N–H and O–H groups in total. The molecule has 15 heavy (non-hydrogen) atoms. The van der Waals surface area contributed by atoms with E-state index >= 15 is 0 Å². The lowest BCUT2D eigenvalue weighted by Crippen LogP contribution is -2.39. The second kappa shape index (κ2) is 4.03. The topological polar surface area (TPSA) is 67.6 Å². The van der Waals surface area contributed by atoms with Gasteiger partial charge < -0.3 is 5.73 Å². The first-order chi connectivity index (χ1) is 6.91. The summed E-state index contributed by atoms with van der Waals surface area (Å²) in [5, 5.41) is 13.3. The zero-order valence-electron chi connectivity index (χ0n) is 9.83. The highest BCUT2D eigenvalue weighted by molar-refractivity contribution is 5.24. The molecule has 0 aliphatic heterocycles. The Morgan fingerprint density at radius 2 is 2.13 bits per heavy atom. The highest BCUT2D eigenvalue weighted by Gasteiger charge is 2.21. The van der Waals surface area contributed by atoms with Crippen LogP contribution in [0.25, 0.3) is 0 Å². The Balaban J connectivity index is 3.03. The summed E-state index contributed by atoms with van der Waals surface area (Å²) < 4.78 is 1.83. The molecule has 0 saturated carbocycles. The van der Waals surface area contributed by atoms with E-state index in [2.05, 4.69) is 18.1 Å². The van der Waals surface area contributed by atoms with Crippen molar-refractivity contribution < 1.29 is 0 Å². The normalized spacial score (nSPS) is 14.7. The molecule has 0 fully saturated rings. The van der Waals surface area contributed by atoms with E-state index in [0.29, 0.717) is 6.54 Å². The summed E-state index contributed by atoms with van der Waals surface area (Å²) in [7, 11) is 0. The van der Waals surface area contributed by atoms with Crippen molar-refractivity contribution >= 4 is 0 Å². The molecule has 1 aromatic heterocycles. The molecule has 0 bridgehead atoms. The van der Waals surface area contributed by atoms with Crippen LogP contribution in [0.4, 0.5) is 0 Å². The third kappa shape index (κ3) is 2.37. The molecule has 0 radical (unpaired) electrons. The van der Waals surface area contributed by atoms with Gasteiger partial charge in [0.25, 0.3) is 0 Å². The fourth-order valence-electron chi connectivity index (χ4n) is 1.75. The summed E-state index contributed by atoms with van der Waals surface area (Å²) in [6.45, 7) is 8.27. The SMILES string of the molecule is CCc1c(C)nn(CC(C)(N)C#N)c1C. The molecule has 4 nitrogen and oxygen atoms in total. The number of nitrogens with two attached hydrogens (primary N) is 1. The van der Waals surface area contributed by atoms with Gasteiger partial charge in [-0.25, -0.2) is 0 Å². The minimum atomic E-state index is -0.853. The van der Waals surface area contributed by atoms with Gasteiger partial charge in [-0.1, -0.05) is 6.92 Å². The Labute approximate surface area is 90.7 Å². The predicted octanol–water partition coefficient (Wildman–Crippen LogP) is 1.30. The van der Waals surface area contributed by atoms with Crippen LogP contribution in [-0.4, -0.2) is 15.3 Å². The van der Waals surface area contributed by atoms with Gasteiger partial charge in [0, 0.05) is 5.69 Å². The quantitative estimate of drug-likeness (QED) is 0.810. The smallest absolute Gasteiger partial charge is 0.121 e. The average Bonchev–Trinajstić information content (AvgIpc) is 2.41. The molecule has 4 heteroatoms. The third-order valence-corrected chi connectivity index (χ3v) is 2.62. The number of aromatic nitrogens is 2. The second-order valence-corrected chi connectivity index (χ2v) is 4.19. The van der Waals surface area contributed by atoms with Crippen molar-refractivity contribution in [2.45, 2.75) is 46.2 Å². The molecule has 0 saturated heterocycles. The minimum Gasteiger partial charge on any atom is -0.312 e. The molecule has 0 amide bonds. The van der Waals surface area contributed by atoms with Crippen molar-refractivity contribution in [2.24, 2.45) is 5.73 Å². The fourth-order valence-corrected chi connectivity index (χ4v) is 1.75. The lowest BCUT2D eigenvalue weighted by molar-refractivity contribution is 0.450. The van der Waals surface area contributed by atoms with E-state index in [-0.39, 0.29) is 0 Å². The zero-order chi connectivity index (χ0) is 11.6. The van der Waals surface area contributed by atoms with Crippen LogP contribution >= 0.6 is 0 Å². The van der Waals surface area contributed by atoms with Crippen LogP contribution in [0.5, 0.6) is 0 Å². The van der Waals surface area contributed by atoms with Gasteiger partial charge in [-0.3, -0.25) is 4.68 Å². The van der Waals surface area contributed by atoms with Crippen LogP contribution in [0, 0.1) is 25.2 Å². The number of hydrogen-bond acceptors (Lipinski definition) is 3. The molecule has 82 valence electrons. The van der Waals surface area contributed by atoms with E-state index in [1.807, 2.05) is 18.5 Å². The summed E-state index contributed by atoms with van der Waals surface area (Å²) in [6, 6.07) is 2.08. The first-order valence-electron chi connectivity index (χ1n) is 5.14. The highest BCUT2D eigenvalue weighted by atomic mass is 15.3. The maximum Gasteiger partial charge on any atom is 0.121 e. The Morgan fingerprint density at radius 1 is 1.53 bits per heavy atom. The number of hydrogen-bond donors (Lipinski definition) is 1. The van der Waals surface area contributed by atoms with Crippen molar-refractivity contribution in [2.75, 3.05) is 0 Å². The van der Waals surface area contributed by atoms with E-state index in [1.165, 1.54) is 5.56 Å². The molecule has 0 spiro atoms. The molecule has 1 unspecified atom stereocenters. The zero-order valence-corrected chi connectivity index (χ0v) is 9.83. The molecule has 0 aliphatic carbocycles. The summed E-state index contributed by atoms with van der Waals surface area (Å²) in [6.07, 6.45) is 0.964. The maximum atomic E-state index is 8.86. The lowest BCUT2D eigenvalue weighted by Gasteiger charge is -2.16. The number of rotatable bonds is 3. The summed E-state index contributed by atoms with van der Waals surface area (Å²) >= 11 is 0. The molecule has 1 aromatic rings. The van der Waals surface area contributed by atoms with Gasteiger partial charge in [0.1, 0.15) is 5.54 Å². The van der Waals surface area contributed by atoms with Crippen molar-refractivity contribution in [1.29, 1.82) is 5.26 Å². The summed E-state index contributed by atoms with van der Waals surface area (Å²) in [4.78, 5) is 0. The Kier molecular flexibility index (Phi) is 3.15. The first-order valence-corrected chi connectivity index (χ1v) is 5.14. The van der Waals surface area contributed by atoms with Gasteiger partial charge in [-0.05, 0) is 32.8 Å². The van der Waals surface area contributed by atoms with Gasteiger partial charge >= 0.3 is 0 Å². The standard InChI is InChI=1S/C11H18N4/c1-5-10-8(2)14-15(9(10)3)7-11(4,13)6-12/h5,7,13H2,1-4H3. The van der Waals surface area contributed by atoms with Gasteiger partial charge in [0.05, 0.1) is 18.3 Å². The Bertz CT molecular complexity index is 395. The van der Waals surface area contributed by atoms with Crippen LogP contribution in [0.15, 0.2) is 0 Å². The number of nitrogens with zero attached hydrogens (tertiary/aromatic N) is 3. The van der Waals surface area contributed by atoms with E-state index in [9.17, 15) is 0 Å². The molecule has 1 atom stereocenters. The maximum absolute atomic E-state index is 8.86. The van der Waals surface area contributed by atoms with Gasteiger partial charge in [0.15, 0.2) is 0 Å². The molecule has 1 heterocycles. The third-order valence-electron chi connectivity index (χ3n) is 2.62. The average molecular weight is 206 g/mol. The first kappa shape index (κ1) is 11.7. The monoisotopic (exact) mass is 206 g/mol. The lowest BCUT2D eigenvalue weighted by atomic mass is 10.1. The number of aryl methyl sites for hydroxylation is 1. The van der Waals surface area contributed by atoms with E-state index in [4.69, 9.17) is 11.0 Å². The van der Waals surface area contributed by atoms with Crippen LogP contribution in [0.2, 0.25) is 0 Å². The van der Waals surface area contributed by atoms with E-state index in [1.54, 1.807) is 6.92 Å². The van der Waals surface area contributed by atoms with Gasteiger partial charge in [-0.2, -0.15) is 10.4 Å². The molecule has 1 rings (SSSR count). The molecule has 0 aromatic carbocycles. The Morgan fingerprint density at radius 3 is 2.53 bits per heavy atom. The molecular weight excluding hydrogens is 188 g/mol. The second-order valence-electron chi connectivity index (χ2n) is 4.19. The fraction of sp³-hybridized carbons (Fsp3) is 0.636. The van der Waals surface area contributed by atoms with Crippen LogP contribution in [-0.2, 0) is 13.0 Å². The van der Waals surface area contributed by atoms with Crippen molar-refractivity contribution in [3.63, 3.8) is 0 Å². The highest BCUT2D eigenvalue weighted by Crippen LogP contribution is 2.15. The Hall–Kier alpha value is -1.34. The minimum absolute atomic E-state index is 0.441. The molecular formula is C11H18N4. The van der Waals surface area contributed by atoms with E-state index in [0.717, 1.165) is 17.8 Å². The van der Waals surface area contributed by atoms with E-state index < -0.39 is 5.54 Å². The summed E-state index contributed by atoms with van der Waals surface area (Å²) in [5.41, 5.74) is 8.34.